The summed E-state index contributed by atoms with van der Waals surface area (Å²) in [5.74, 6) is -0.502. The minimum atomic E-state index is -0.983. The Labute approximate surface area is 124 Å². The Hall–Kier alpha value is -2.08. The Bertz CT molecular complexity index is 488. The number of nitrogens with one attached hydrogen (secondary N) is 1. The van der Waals surface area contributed by atoms with Crippen LogP contribution in [0.5, 0.6) is 5.75 Å². The van der Waals surface area contributed by atoms with Crippen molar-refractivity contribution in [3.05, 3.63) is 29.8 Å². The van der Waals surface area contributed by atoms with Gasteiger partial charge in [0.25, 0.3) is 0 Å². The molecule has 0 aliphatic heterocycles. The van der Waals surface area contributed by atoms with Gasteiger partial charge in [0.2, 0.25) is 5.91 Å². The SMILES string of the molecule is CC(C)NC(=O)CN(C)CCOc1cccc(C(=O)O)c1. The maximum Gasteiger partial charge on any atom is 0.335 e. The molecule has 2 N–H and O–H groups in total. The van der Waals surface area contributed by atoms with Gasteiger partial charge in [-0.25, -0.2) is 4.79 Å². The zero-order valence-electron chi connectivity index (χ0n) is 12.6. The predicted octanol–water partition coefficient (Wildman–Crippen LogP) is 1.22. The molecule has 0 saturated carbocycles. The van der Waals surface area contributed by atoms with Crippen molar-refractivity contribution in [1.29, 1.82) is 0 Å². The van der Waals surface area contributed by atoms with Crippen LogP contribution in [0, 0.1) is 0 Å². The van der Waals surface area contributed by atoms with Crippen LogP contribution in [0.3, 0.4) is 0 Å². The van der Waals surface area contributed by atoms with E-state index in [1.165, 1.54) is 12.1 Å². The molecule has 0 spiro atoms. The van der Waals surface area contributed by atoms with Crippen LogP contribution in [0.4, 0.5) is 0 Å². The fourth-order valence-corrected chi connectivity index (χ4v) is 1.73. The number of carboxylic acids is 1. The van der Waals surface area contributed by atoms with Crippen LogP contribution in [0.15, 0.2) is 24.3 Å². The summed E-state index contributed by atoms with van der Waals surface area (Å²) in [6.07, 6.45) is 0. The number of carbonyl (C=O) groups is 2. The number of hydrogen-bond donors (Lipinski definition) is 2. The van der Waals surface area contributed by atoms with E-state index in [4.69, 9.17) is 9.84 Å². The van der Waals surface area contributed by atoms with Gasteiger partial charge in [0, 0.05) is 12.6 Å². The van der Waals surface area contributed by atoms with Gasteiger partial charge in [0.1, 0.15) is 12.4 Å². The van der Waals surface area contributed by atoms with Gasteiger partial charge < -0.3 is 15.2 Å². The molecular formula is C15H22N2O4. The molecule has 0 aliphatic carbocycles. The molecule has 0 atom stereocenters. The second-order valence-corrected chi connectivity index (χ2v) is 5.14. The zero-order chi connectivity index (χ0) is 15.8. The standard InChI is InChI=1S/C15H22N2O4/c1-11(2)16-14(18)10-17(3)7-8-21-13-6-4-5-12(9-13)15(19)20/h4-6,9,11H,7-8,10H2,1-3H3,(H,16,18)(H,19,20). The highest BCUT2D eigenvalue weighted by Crippen LogP contribution is 2.13. The maximum atomic E-state index is 11.6. The Morgan fingerprint density at radius 3 is 2.71 bits per heavy atom. The maximum absolute atomic E-state index is 11.6. The molecule has 6 nitrogen and oxygen atoms in total. The summed E-state index contributed by atoms with van der Waals surface area (Å²) < 4.78 is 5.49. The van der Waals surface area contributed by atoms with E-state index in [2.05, 4.69) is 5.32 Å². The van der Waals surface area contributed by atoms with Gasteiger partial charge in [-0.05, 0) is 39.1 Å². The number of nitrogens with zero attached hydrogens (tertiary/aromatic N) is 1. The molecule has 0 aliphatic rings. The molecule has 1 rings (SSSR count). The largest absolute Gasteiger partial charge is 0.492 e. The molecule has 0 aromatic heterocycles. The number of carboxylic acid groups (broad SMARTS) is 1. The van der Waals surface area contributed by atoms with Crippen molar-refractivity contribution in [2.45, 2.75) is 19.9 Å². The van der Waals surface area contributed by atoms with E-state index in [9.17, 15) is 9.59 Å². The summed E-state index contributed by atoms with van der Waals surface area (Å²) in [7, 11) is 1.83. The van der Waals surface area contributed by atoms with E-state index in [-0.39, 0.29) is 17.5 Å². The van der Waals surface area contributed by atoms with Crippen LogP contribution >= 0.6 is 0 Å². The van der Waals surface area contributed by atoms with Crippen molar-refractivity contribution in [2.75, 3.05) is 26.7 Å². The van der Waals surface area contributed by atoms with Crippen LogP contribution in [-0.2, 0) is 4.79 Å². The molecule has 116 valence electrons. The average Bonchev–Trinajstić information content (AvgIpc) is 2.37. The van der Waals surface area contributed by atoms with Gasteiger partial charge in [-0.1, -0.05) is 6.07 Å². The van der Waals surface area contributed by atoms with E-state index < -0.39 is 5.97 Å². The fourth-order valence-electron chi connectivity index (χ4n) is 1.73. The molecule has 0 saturated heterocycles. The third-order valence-electron chi connectivity index (χ3n) is 2.69. The Morgan fingerprint density at radius 2 is 2.10 bits per heavy atom. The molecule has 1 amide bonds. The van der Waals surface area contributed by atoms with Gasteiger partial charge in [0.15, 0.2) is 0 Å². The molecule has 0 radical (unpaired) electrons. The van der Waals surface area contributed by atoms with Crippen molar-refractivity contribution in [3.8, 4) is 5.75 Å². The van der Waals surface area contributed by atoms with Crippen LogP contribution in [0.1, 0.15) is 24.2 Å². The Balaban J connectivity index is 2.34. The van der Waals surface area contributed by atoms with E-state index in [1.807, 2.05) is 25.8 Å². The van der Waals surface area contributed by atoms with Crippen molar-refractivity contribution in [1.82, 2.24) is 10.2 Å². The van der Waals surface area contributed by atoms with Crippen LogP contribution in [0.2, 0.25) is 0 Å². The van der Waals surface area contributed by atoms with E-state index in [1.54, 1.807) is 12.1 Å². The van der Waals surface area contributed by atoms with Crippen LogP contribution < -0.4 is 10.1 Å². The predicted molar refractivity (Wildman–Crippen MR) is 79.7 cm³/mol. The topological polar surface area (TPSA) is 78.9 Å². The number of aromatic carboxylic acids is 1. The third kappa shape index (κ3) is 6.76. The first-order valence-electron chi connectivity index (χ1n) is 6.82. The second-order valence-electron chi connectivity index (χ2n) is 5.14. The lowest BCUT2D eigenvalue weighted by molar-refractivity contribution is -0.122. The highest BCUT2D eigenvalue weighted by Gasteiger charge is 2.08. The third-order valence-corrected chi connectivity index (χ3v) is 2.69. The minimum absolute atomic E-state index is 0.0274. The smallest absolute Gasteiger partial charge is 0.335 e. The van der Waals surface area contributed by atoms with Gasteiger partial charge in [-0.3, -0.25) is 9.69 Å². The van der Waals surface area contributed by atoms with Crippen molar-refractivity contribution < 1.29 is 19.4 Å². The second kappa shape index (κ2) is 8.26. The molecule has 21 heavy (non-hydrogen) atoms. The summed E-state index contributed by atoms with van der Waals surface area (Å²) in [5, 5.41) is 11.7. The first-order valence-corrected chi connectivity index (χ1v) is 6.82. The highest BCUT2D eigenvalue weighted by molar-refractivity contribution is 5.88. The molecule has 0 heterocycles. The summed E-state index contributed by atoms with van der Waals surface area (Å²) in [6.45, 7) is 5.08. The molecule has 6 heteroatoms. The molecular weight excluding hydrogens is 272 g/mol. The molecule has 0 bridgehead atoms. The average molecular weight is 294 g/mol. The van der Waals surface area contributed by atoms with E-state index in [0.29, 0.717) is 25.4 Å². The summed E-state index contributed by atoms with van der Waals surface area (Å²) >= 11 is 0. The molecule has 0 fully saturated rings. The Kier molecular flexibility index (Phi) is 6.68. The number of benzene rings is 1. The lowest BCUT2D eigenvalue weighted by Gasteiger charge is -2.17. The molecule has 1 aromatic carbocycles. The molecule has 1 aromatic rings. The normalized spacial score (nSPS) is 10.7. The number of rotatable bonds is 8. The van der Waals surface area contributed by atoms with Crippen molar-refractivity contribution in [3.63, 3.8) is 0 Å². The van der Waals surface area contributed by atoms with Gasteiger partial charge in [-0.2, -0.15) is 0 Å². The van der Waals surface area contributed by atoms with Crippen LogP contribution in [-0.4, -0.2) is 54.7 Å². The van der Waals surface area contributed by atoms with E-state index in [0.717, 1.165) is 0 Å². The first-order chi connectivity index (χ1) is 9.88. The van der Waals surface area contributed by atoms with Crippen molar-refractivity contribution >= 4 is 11.9 Å². The van der Waals surface area contributed by atoms with E-state index >= 15 is 0 Å². The summed E-state index contributed by atoms with van der Waals surface area (Å²) in [4.78, 5) is 24.2. The minimum Gasteiger partial charge on any atom is -0.492 e. The molecule has 0 unspecified atom stereocenters. The number of likely N-dealkylation sites (N-methyl/N-ethyl adjacent to an activating group) is 1. The monoisotopic (exact) mass is 294 g/mol. The van der Waals surface area contributed by atoms with Crippen molar-refractivity contribution in [2.24, 2.45) is 0 Å². The summed E-state index contributed by atoms with van der Waals surface area (Å²) in [5.41, 5.74) is 0.192. The number of carbonyl (C=O) groups excluding carboxylic acids is 1. The van der Waals surface area contributed by atoms with Crippen LogP contribution in [0.25, 0.3) is 0 Å². The van der Waals surface area contributed by atoms with Gasteiger partial charge >= 0.3 is 5.97 Å². The quantitative estimate of drug-likeness (QED) is 0.753. The number of hydrogen-bond acceptors (Lipinski definition) is 4. The van der Waals surface area contributed by atoms with Gasteiger partial charge in [0.05, 0.1) is 12.1 Å². The number of ether oxygens (including phenoxy) is 1. The highest BCUT2D eigenvalue weighted by atomic mass is 16.5. The lowest BCUT2D eigenvalue weighted by atomic mass is 10.2. The fraction of sp³-hybridized carbons (Fsp3) is 0.467. The lowest BCUT2D eigenvalue weighted by Crippen LogP contribution is -2.39. The first kappa shape index (κ1) is 17.0. The number of amides is 1. The zero-order valence-corrected chi connectivity index (χ0v) is 12.6. The Morgan fingerprint density at radius 1 is 1.38 bits per heavy atom. The van der Waals surface area contributed by atoms with Gasteiger partial charge in [-0.15, -0.1) is 0 Å². The summed E-state index contributed by atoms with van der Waals surface area (Å²) in [6, 6.07) is 6.46.